The molecule has 0 aromatic heterocycles. The van der Waals surface area contributed by atoms with Crippen molar-refractivity contribution in [3.63, 3.8) is 0 Å². The molecule has 1 heterocycles. The lowest BCUT2D eigenvalue weighted by Crippen LogP contribution is -2.53. The number of nitrogens with zero attached hydrogens (tertiary/aromatic N) is 2. The normalized spacial score (nSPS) is 29.8. The molecule has 0 spiro atoms. The van der Waals surface area contributed by atoms with Gasteiger partial charge in [0.1, 0.15) is 5.75 Å². The zero-order chi connectivity index (χ0) is 17.4. The molecule has 2 saturated carbocycles. The molecule has 4 unspecified atom stereocenters. The molecule has 1 aliphatic heterocycles. The molecule has 2 N–H and O–H groups in total. The number of halogens is 2. The van der Waals surface area contributed by atoms with Crippen molar-refractivity contribution in [3.8, 4) is 5.75 Å². The van der Waals surface area contributed by atoms with Gasteiger partial charge in [-0.1, -0.05) is 18.2 Å². The Morgan fingerprint density at radius 2 is 1.78 bits per heavy atom. The number of benzene rings is 1. The quantitative estimate of drug-likeness (QED) is 0.820. The van der Waals surface area contributed by atoms with Crippen molar-refractivity contribution < 1.29 is 9.53 Å². The van der Waals surface area contributed by atoms with Gasteiger partial charge in [-0.05, 0) is 37.2 Å². The van der Waals surface area contributed by atoms with E-state index >= 15 is 0 Å². The molecule has 3 aliphatic rings. The highest BCUT2D eigenvalue weighted by Gasteiger charge is 2.50. The van der Waals surface area contributed by atoms with Gasteiger partial charge in [0, 0.05) is 44.3 Å². The molecular weight excluding hydrogens is 385 g/mol. The molecular formula is C20H31Cl2N3O2. The first kappa shape index (κ1) is 22.3. The van der Waals surface area contributed by atoms with E-state index in [1.165, 1.54) is 24.8 Å². The summed E-state index contributed by atoms with van der Waals surface area (Å²) in [5.41, 5.74) is 7.57. The Kier molecular flexibility index (Phi) is 7.81. The van der Waals surface area contributed by atoms with Crippen LogP contribution in [-0.4, -0.2) is 55.0 Å². The standard InChI is InChI=1S/C20H29N3O2.2ClH/c1-25-17-5-3-2-4-16(17)13-22-8-10-23(11-9-22)20(24)18-14-6-7-15(12-14)19(18)21;;/h2-5,14-15,18-19H,6-13,21H2,1H3;2*1H. The monoisotopic (exact) mass is 415 g/mol. The molecule has 4 atom stereocenters. The van der Waals surface area contributed by atoms with Gasteiger partial charge in [0.15, 0.2) is 0 Å². The number of rotatable bonds is 4. The number of para-hydroxylation sites is 1. The molecule has 4 rings (SSSR count). The van der Waals surface area contributed by atoms with Crippen LogP contribution in [0.25, 0.3) is 0 Å². The van der Waals surface area contributed by atoms with E-state index in [2.05, 4.69) is 15.9 Å². The number of carbonyl (C=O) groups excluding carboxylic acids is 1. The summed E-state index contributed by atoms with van der Waals surface area (Å²) in [4.78, 5) is 17.4. The van der Waals surface area contributed by atoms with Crippen molar-refractivity contribution >= 4 is 30.7 Å². The number of fused-ring (bicyclic) bond motifs is 2. The van der Waals surface area contributed by atoms with Gasteiger partial charge in [-0.15, -0.1) is 24.8 Å². The molecule has 1 aromatic carbocycles. The minimum absolute atomic E-state index is 0. The number of amides is 1. The third-order valence-electron chi connectivity index (χ3n) is 6.54. The number of hydrogen-bond acceptors (Lipinski definition) is 4. The van der Waals surface area contributed by atoms with Crippen LogP contribution in [0.1, 0.15) is 24.8 Å². The van der Waals surface area contributed by atoms with Gasteiger partial charge in [0.2, 0.25) is 5.91 Å². The zero-order valence-corrected chi connectivity index (χ0v) is 17.5. The van der Waals surface area contributed by atoms with Crippen LogP contribution in [0.4, 0.5) is 0 Å². The molecule has 1 aromatic rings. The Morgan fingerprint density at radius 3 is 2.41 bits per heavy atom. The predicted octanol–water partition coefficient (Wildman–Crippen LogP) is 2.56. The fraction of sp³-hybridized carbons (Fsp3) is 0.650. The van der Waals surface area contributed by atoms with Crippen molar-refractivity contribution in [1.29, 1.82) is 0 Å². The van der Waals surface area contributed by atoms with Gasteiger partial charge in [-0.2, -0.15) is 0 Å². The first-order valence-electron chi connectivity index (χ1n) is 9.56. The fourth-order valence-corrected chi connectivity index (χ4v) is 5.11. The van der Waals surface area contributed by atoms with Crippen LogP contribution < -0.4 is 10.5 Å². The molecule has 27 heavy (non-hydrogen) atoms. The average molecular weight is 416 g/mol. The summed E-state index contributed by atoms with van der Waals surface area (Å²) in [6, 6.07) is 8.26. The summed E-state index contributed by atoms with van der Waals surface area (Å²) < 4.78 is 5.45. The van der Waals surface area contributed by atoms with Crippen LogP contribution in [0.5, 0.6) is 5.75 Å². The maximum absolute atomic E-state index is 13.0. The Bertz CT molecular complexity index is 635. The lowest BCUT2D eigenvalue weighted by molar-refractivity contribution is -0.139. The van der Waals surface area contributed by atoms with Gasteiger partial charge in [0.05, 0.1) is 13.0 Å². The van der Waals surface area contributed by atoms with Gasteiger partial charge in [-0.25, -0.2) is 0 Å². The van der Waals surface area contributed by atoms with Crippen LogP contribution in [0, 0.1) is 17.8 Å². The van der Waals surface area contributed by atoms with Crippen LogP contribution >= 0.6 is 24.8 Å². The number of piperazine rings is 1. The summed E-state index contributed by atoms with van der Waals surface area (Å²) >= 11 is 0. The maximum atomic E-state index is 13.0. The maximum Gasteiger partial charge on any atom is 0.227 e. The highest BCUT2D eigenvalue weighted by molar-refractivity contribution is 5.85. The number of carbonyl (C=O) groups is 1. The highest BCUT2D eigenvalue weighted by atomic mass is 35.5. The van der Waals surface area contributed by atoms with E-state index in [1.807, 2.05) is 18.2 Å². The predicted molar refractivity (Wildman–Crippen MR) is 112 cm³/mol. The topological polar surface area (TPSA) is 58.8 Å². The number of ether oxygens (including phenoxy) is 1. The summed E-state index contributed by atoms with van der Waals surface area (Å²) in [7, 11) is 1.72. The smallest absolute Gasteiger partial charge is 0.227 e. The van der Waals surface area contributed by atoms with Crippen molar-refractivity contribution in [2.45, 2.75) is 31.8 Å². The Labute approximate surface area is 174 Å². The zero-order valence-electron chi connectivity index (χ0n) is 15.9. The van der Waals surface area contributed by atoms with E-state index in [-0.39, 0.29) is 36.8 Å². The van der Waals surface area contributed by atoms with E-state index in [1.54, 1.807) is 7.11 Å². The Balaban J connectivity index is 0.00000131. The van der Waals surface area contributed by atoms with Crippen molar-refractivity contribution in [2.24, 2.45) is 23.5 Å². The van der Waals surface area contributed by atoms with Crippen LogP contribution in [-0.2, 0) is 11.3 Å². The second-order valence-corrected chi connectivity index (χ2v) is 7.85. The number of methoxy groups -OCH3 is 1. The molecule has 7 heteroatoms. The van der Waals surface area contributed by atoms with E-state index in [0.29, 0.717) is 17.7 Å². The number of nitrogens with two attached hydrogens (primary N) is 1. The van der Waals surface area contributed by atoms with Crippen LogP contribution in [0.15, 0.2) is 24.3 Å². The van der Waals surface area contributed by atoms with E-state index in [9.17, 15) is 4.79 Å². The summed E-state index contributed by atoms with van der Waals surface area (Å²) in [6.45, 7) is 4.34. The third-order valence-corrected chi connectivity index (χ3v) is 6.54. The lowest BCUT2D eigenvalue weighted by atomic mass is 9.84. The van der Waals surface area contributed by atoms with E-state index in [0.717, 1.165) is 38.5 Å². The highest BCUT2D eigenvalue weighted by Crippen LogP contribution is 2.48. The number of hydrogen-bond donors (Lipinski definition) is 1. The van der Waals surface area contributed by atoms with Gasteiger partial charge in [0.25, 0.3) is 0 Å². The summed E-state index contributed by atoms with van der Waals surface area (Å²) in [5.74, 6) is 2.47. The van der Waals surface area contributed by atoms with Crippen molar-refractivity contribution in [2.75, 3.05) is 33.3 Å². The average Bonchev–Trinajstić information content (AvgIpc) is 3.23. The molecule has 0 radical (unpaired) electrons. The minimum Gasteiger partial charge on any atom is -0.496 e. The Hall–Kier alpha value is -1.01. The lowest BCUT2D eigenvalue weighted by Gasteiger charge is -2.38. The molecule has 5 nitrogen and oxygen atoms in total. The molecule has 152 valence electrons. The first-order valence-corrected chi connectivity index (χ1v) is 9.56. The minimum atomic E-state index is 0. The van der Waals surface area contributed by atoms with E-state index in [4.69, 9.17) is 10.5 Å². The van der Waals surface area contributed by atoms with Crippen molar-refractivity contribution in [1.82, 2.24) is 9.80 Å². The summed E-state index contributed by atoms with van der Waals surface area (Å²) in [5, 5.41) is 0. The molecule has 1 amide bonds. The molecule has 2 aliphatic carbocycles. The Morgan fingerprint density at radius 1 is 1.11 bits per heavy atom. The van der Waals surface area contributed by atoms with Crippen LogP contribution in [0.2, 0.25) is 0 Å². The van der Waals surface area contributed by atoms with E-state index < -0.39 is 0 Å². The van der Waals surface area contributed by atoms with Gasteiger partial charge >= 0.3 is 0 Å². The second-order valence-electron chi connectivity index (χ2n) is 7.85. The van der Waals surface area contributed by atoms with Crippen molar-refractivity contribution in [3.05, 3.63) is 29.8 Å². The van der Waals surface area contributed by atoms with Crippen LogP contribution in [0.3, 0.4) is 0 Å². The largest absolute Gasteiger partial charge is 0.496 e. The van der Waals surface area contributed by atoms with Gasteiger partial charge in [-0.3, -0.25) is 9.69 Å². The second kappa shape index (κ2) is 9.46. The molecule has 3 fully saturated rings. The SMILES string of the molecule is COc1ccccc1CN1CCN(C(=O)C2C3CCC(C3)C2N)CC1.Cl.Cl. The third kappa shape index (κ3) is 4.37. The molecule has 2 bridgehead atoms. The van der Waals surface area contributed by atoms with Gasteiger partial charge < -0.3 is 15.4 Å². The first-order chi connectivity index (χ1) is 12.2. The fourth-order valence-electron chi connectivity index (χ4n) is 5.11. The molecule has 1 saturated heterocycles. The summed E-state index contributed by atoms with van der Waals surface area (Å²) in [6.07, 6.45) is 3.59.